The number of ether oxygens (including phenoxy) is 1. The summed E-state index contributed by atoms with van der Waals surface area (Å²) in [4.78, 5) is 0. The summed E-state index contributed by atoms with van der Waals surface area (Å²) in [5.41, 5.74) is 2.93. The molecular weight excluding hydrogens is 483 g/mol. The molecule has 2 unspecified atom stereocenters. The van der Waals surface area contributed by atoms with E-state index in [0.29, 0.717) is 10.0 Å². The average Bonchev–Trinajstić information content (AvgIpc) is 2.82. The van der Waals surface area contributed by atoms with Gasteiger partial charge in [0.15, 0.2) is 0 Å². The standard InChI is InChI=1S/C17H19O.3C4H9.Sn/c1-2-18-14-17(16-11-7-4-8-12-16)13-15-9-5-3-6-10-15;3*1-3-4-2;/h3-12,14,17H,2,13H2,1H3;3*1,3-4H2,2H3;. The van der Waals surface area contributed by atoms with Crippen molar-refractivity contribution in [2.75, 3.05) is 6.61 Å². The van der Waals surface area contributed by atoms with Crippen molar-refractivity contribution in [3.8, 4) is 0 Å². The molecule has 31 heavy (non-hydrogen) atoms. The molecule has 2 atom stereocenters. The van der Waals surface area contributed by atoms with Gasteiger partial charge in [0.05, 0.1) is 0 Å². The third kappa shape index (κ3) is 8.24. The van der Waals surface area contributed by atoms with E-state index < -0.39 is 18.4 Å². The van der Waals surface area contributed by atoms with Crippen LogP contribution in [0.3, 0.4) is 0 Å². The topological polar surface area (TPSA) is 9.23 Å². The van der Waals surface area contributed by atoms with Gasteiger partial charge in [0, 0.05) is 0 Å². The van der Waals surface area contributed by atoms with Gasteiger partial charge >= 0.3 is 197 Å². The van der Waals surface area contributed by atoms with Crippen molar-refractivity contribution in [2.45, 2.75) is 96.0 Å². The Labute approximate surface area is 196 Å². The van der Waals surface area contributed by atoms with Crippen molar-refractivity contribution in [3.63, 3.8) is 0 Å². The van der Waals surface area contributed by atoms with E-state index in [9.17, 15) is 0 Å². The van der Waals surface area contributed by atoms with Gasteiger partial charge in [-0.05, 0) is 0 Å². The second kappa shape index (κ2) is 15.1. The molecule has 0 bridgehead atoms. The third-order valence-corrected chi connectivity index (χ3v) is 23.5. The molecule has 0 saturated heterocycles. The van der Waals surface area contributed by atoms with Crippen LogP contribution in [0.5, 0.6) is 0 Å². The van der Waals surface area contributed by atoms with Crippen LogP contribution >= 0.6 is 0 Å². The molecule has 0 aromatic heterocycles. The molecule has 0 spiro atoms. The monoisotopic (exact) mass is 530 g/mol. The summed E-state index contributed by atoms with van der Waals surface area (Å²) in [6.45, 7) is 10.2. The molecule has 0 aliphatic heterocycles. The van der Waals surface area contributed by atoms with Crippen molar-refractivity contribution in [1.29, 1.82) is 0 Å². The first kappa shape index (κ1) is 26.5. The van der Waals surface area contributed by atoms with Crippen molar-refractivity contribution in [3.05, 3.63) is 71.8 Å². The first-order valence-corrected chi connectivity index (χ1v) is 20.6. The molecule has 1 nitrogen and oxygen atoms in total. The molecule has 2 aromatic carbocycles. The molecule has 2 rings (SSSR count). The van der Waals surface area contributed by atoms with Gasteiger partial charge in [-0.1, -0.05) is 0 Å². The van der Waals surface area contributed by atoms with Crippen LogP contribution in [-0.2, 0) is 11.2 Å². The average molecular weight is 529 g/mol. The molecule has 0 N–H and O–H groups in total. The number of unbranched alkanes of at least 4 members (excludes halogenated alkanes) is 3. The Balaban J connectivity index is 2.53. The fourth-order valence-corrected chi connectivity index (χ4v) is 23.7. The predicted molar refractivity (Wildman–Crippen MR) is 140 cm³/mol. The second-order valence-corrected chi connectivity index (χ2v) is 22.9. The van der Waals surface area contributed by atoms with Gasteiger partial charge < -0.3 is 0 Å². The molecule has 2 heteroatoms. The molecule has 0 heterocycles. The Hall–Kier alpha value is -0.801. The van der Waals surface area contributed by atoms with E-state index in [-0.39, 0.29) is 0 Å². The van der Waals surface area contributed by atoms with E-state index in [0.717, 1.165) is 13.0 Å². The zero-order valence-electron chi connectivity index (χ0n) is 20.6. The van der Waals surface area contributed by atoms with Gasteiger partial charge in [0.2, 0.25) is 0 Å². The van der Waals surface area contributed by atoms with Gasteiger partial charge in [-0.15, -0.1) is 0 Å². The van der Waals surface area contributed by atoms with Gasteiger partial charge in [-0.2, -0.15) is 0 Å². The maximum atomic E-state index is 6.88. The van der Waals surface area contributed by atoms with Gasteiger partial charge in [-0.3, -0.25) is 0 Å². The van der Waals surface area contributed by atoms with Gasteiger partial charge in [-0.25, -0.2) is 0 Å². The summed E-state index contributed by atoms with van der Waals surface area (Å²) in [5.74, 6) is 0.477. The van der Waals surface area contributed by atoms with Gasteiger partial charge in [0.1, 0.15) is 0 Å². The second-order valence-electron chi connectivity index (χ2n) is 9.26. The summed E-state index contributed by atoms with van der Waals surface area (Å²) in [6, 6.07) is 22.4. The van der Waals surface area contributed by atoms with Crippen LogP contribution in [0, 0.1) is 0 Å². The van der Waals surface area contributed by atoms with Crippen LogP contribution in [-0.4, -0.2) is 29.1 Å². The molecule has 0 aliphatic rings. The van der Waals surface area contributed by atoms with Crippen LogP contribution in [0.4, 0.5) is 0 Å². The quantitative estimate of drug-likeness (QED) is 0.198. The fourth-order valence-electron chi connectivity index (χ4n) is 5.26. The first-order valence-electron chi connectivity index (χ1n) is 12.9. The normalized spacial score (nSPS) is 13.8. The van der Waals surface area contributed by atoms with Crippen LogP contribution < -0.4 is 0 Å². The van der Waals surface area contributed by atoms with E-state index in [4.69, 9.17) is 4.74 Å². The fraction of sp³-hybridized carbons (Fsp3) is 0.586. The van der Waals surface area contributed by atoms with Crippen LogP contribution in [0.15, 0.2) is 60.7 Å². The molecule has 0 amide bonds. The minimum atomic E-state index is -2.60. The van der Waals surface area contributed by atoms with Crippen molar-refractivity contribution >= 4 is 18.4 Å². The number of hydrogen-bond donors (Lipinski definition) is 0. The maximum absolute atomic E-state index is 6.88. The Bertz CT molecular complexity index is 663. The van der Waals surface area contributed by atoms with E-state index in [2.05, 4.69) is 88.4 Å². The summed E-state index contributed by atoms with van der Waals surface area (Å²) >= 11 is -2.60. The zero-order valence-corrected chi connectivity index (χ0v) is 23.5. The molecule has 0 radical (unpaired) electrons. The minimum absolute atomic E-state index is 0.464. The van der Waals surface area contributed by atoms with E-state index in [1.165, 1.54) is 63.0 Å². The molecule has 0 fully saturated rings. The zero-order chi connectivity index (χ0) is 22.4. The van der Waals surface area contributed by atoms with Crippen LogP contribution in [0.2, 0.25) is 13.3 Å². The first-order chi connectivity index (χ1) is 15.2. The van der Waals surface area contributed by atoms with Crippen molar-refractivity contribution in [1.82, 2.24) is 0 Å². The Kier molecular flexibility index (Phi) is 12.9. The Morgan fingerprint density at radius 3 is 1.61 bits per heavy atom. The SMILES string of the molecule is CCC[CH2][Sn]([CH2]CCC)([CH2]CCC)[CH](OCC)C(Cc1ccccc1)c1ccccc1. The summed E-state index contributed by atoms with van der Waals surface area (Å²) in [5, 5.41) is 0. The molecule has 2 aromatic rings. The number of rotatable bonds is 16. The number of benzene rings is 2. The summed E-state index contributed by atoms with van der Waals surface area (Å²) < 4.78 is 11.8. The van der Waals surface area contributed by atoms with Gasteiger partial charge in [0.25, 0.3) is 0 Å². The summed E-state index contributed by atoms with van der Waals surface area (Å²) in [7, 11) is 0. The van der Waals surface area contributed by atoms with E-state index in [1.807, 2.05) is 0 Å². The molecule has 0 saturated carbocycles. The molecular formula is C29H46OSn. The van der Waals surface area contributed by atoms with Crippen LogP contribution in [0.25, 0.3) is 0 Å². The van der Waals surface area contributed by atoms with Crippen molar-refractivity contribution < 1.29 is 4.74 Å². The summed E-state index contributed by atoms with van der Waals surface area (Å²) in [6.07, 6.45) is 9.19. The van der Waals surface area contributed by atoms with E-state index >= 15 is 0 Å². The third-order valence-electron chi connectivity index (χ3n) is 6.93. The molecule has 172 valence electrons. The van der Waals surface area contributed by atoms with Crippen molar-refractivity contribution in [2.24, 2.45) is 0 Å². The number of hydrogen-bond acceptors (Lipinski definition) is 1. The Morgan fingerprint density at radius 2 is 1.16 bits per heavy atom. The predicted octanol–water partition coefficient (Wildman–Crippen LogP) is 8.81. The van der Waals surface area contributed by atoms with E-state index in [1.54, 1.807) is 0 Å². The van der Waals surface area contributed by atoms with Crippen LogP contribution in [0.1, 0.15) is 83.3 Å². The molecule has 0 aliphatic carbocycles. The Morgan fingerprint density at radius 1 is 0.677 bits per heavy atom.